The number of nitrogens with one attached hydrogen (secondary N) is 2. The average molecular weight is 430 g/mol. The molecule has 0 saturated carbocycles. The number of halogens is 2. The maximum absolute atomic E-state index is 12.3. The molecule has 0 saturated heterocycles. The first-order valence-corrected chi connectivity index (χ1v) is 8.65. The number of aliphatic hydroxyl groups is 1. The highest BCUT2D eigenvalue weighted by Gasteiger charge is 2.20. The first-order chi connectivity index (χ1) is 12.0. The number of amides is 1. The number of carbonyl (C=O) groups is 1. The Morgan fingerprint density at radius 1 is 1.56 bits per heavy atom. The van der Waals surface area contributed by atoms with E-state index in [4.69, 9.17) is 21.5 Å². The van der Waals surface area contributed by atoms with Gasteiger partial charge in [-0.05, 0) is 31.2 Å². The number of rotatable bonds is 7. The number of anilines is 1. The van der Waals surface area contributed by atoms with Crippen LogP contribution in [0.4, 0.5) is 5.69 Å². The molecule has 2 rings (SSSR count). The molecule has 1 amide bonds. The lowest BCUT2D eigenvalue weighted by Crippen LogP contribution is -2.31. The number of hydrogen-bond donors (Lipinski definition) is 3. The summed E-state index contributed by atoms with van der Waals surface area (Å²) in [5, 5.41) is 18.2. The molecule has 1 aromatic carbocycles. The minimum absolute atomic E-state index is 0.0102. The smallest absolute Gasteiger partial charge is 0.276 e. The largest absolute Gasteiger partial charge is 0.394 e. The molecule has 0 atom stereocenters. The molecular weight excluding hydrogens is 412 g/mol. The molecule has 1 heterocycles. The van der Waals surface area contributed by atoms with Crippen LogP contribution in [-0.2, 0) is 9.63 Å². The van der Waals surface area contributed by atoms with Gasteiger partial charge >= 0.3 is 0 Å². The van der Waals surface area contributed by atoms with Crippen molar-refractivity contribution >= 4 is 45.3 Å². The van der Waals surface area contributed by atoms with Gasteiger partial charge in [0.25, 0.3) is 5.91 Å². The highest BCUT2D eigenvalue weighted by molar-refractivity contribution is 9.10. The standard InChI is InChI=1S/C16H18BrClN4O3/c1-2-19-22-6-5-12(16(24)21-25-8-7-23)15(10-22)20-14-4-3-11(17)9-13(14)18/h2-5,9-10,20,23H,6-8H2,1H3,(H,21,24)/b19-2-. The van der Waals surface area contributed by atoms with Gasteiger partial charge in [0.05, 0.1) is 41.7 Å². The topological polar surface area (TPSA) is 86.2 Å². The third-order valence-corrected chi connectivity index (χ3v) is 3.92. The van der Waals surface area contributed by atoms with E-state index >= 15 is 0 Å². The van der Waals surface area contributed by atoms with Crippen LogP contribution in [0, 0.1) is 0 Å². The van der Waals surface area contributed by atoms with E-state index in [2.05, 4.69) is 31.8 Å². The quantitative estimate of drug-likeness (QED) is 0.352. The van der Waals surface area contributed by atoms with Crippen molar-refractivity contribution < 1.29 is 14.7 Å². The molecule has 0 unspecified atom stereocenters. The predicted molar refractivity (Wildman–Crippen MR) is 101 cm³/mol. The van der Waals surface area contributed by atoms with Gasteiger partial charge < -0.3 is 10.4 Å². The summed E-state index contributed by atoms with van der Waals surface area (Å²) in [4.78, 5) is 17.2. The second kappa shape index (κ2) is 9.57. The lowest BCUT2D eigenvalue weighted by atomic mass is 10.1. The molecule has 0 spiro atoms. The zero-order valence-corrected chi connectivity index (χ0v) is 15.8. The minimum Gasteiger partial charge on any atom is -0.394 e. The van der Waals surface area contributed by atoms with E-state index in [1.165, 1.54) is 0 Å². The first kappa shape index (κ1) is 19.5. The van der Waals surface area contributed by atoms with Crippen molar-refractivity contribution in [1.82, 2.24) is 10.5 Å². The number of nitrogens with zero attached hydrogens (tertiary/aromatic N) is 2. The molecule has 0 radical (unpaired) electrons. The first-order valence-electron chi connectivity index (χ1n) is 7.47. The summed E-state index contributed by atoms with van der Waals surface area (Å²) in [6.45, 7) is 2.07. The van der Waals surface area contributed by atoms with Crippen LogP contribution in [-0.4, -0.2) is 42.0 Å². The molecular formula is C16H18BrClN4O3. The molecule has 0 bridgehead atoms. The average Bonchev–Trinajstić information content (AvgIpc) is 2.58. The number of hydrogen-bond acceptors (Lipinski definition) is 6. The van der Waals surface area contributed by atoms with Crippen molar-refractivity contribution in [2.24, 2.45) is 5.10 Å². The van der Waals surface area contributed by atoms with Gasteiger partial charge in [-0.25, -0.2) is 5.48 Å². The molecule has 7 nitrogen and oxygen atoms in total. The summed E-state index contributed by atoms with van der Waals surface area (Å²) < 4.78 is 0.851. The third kappa shape index (κ3) is 5.57. The van der Waals surface area contributed by atoms with Crippen molar-refractivity contribution in [3.05, 3.63) is 51.2 Å². The second-order valence-corrected chi connectivity index (χ2v) is 6.23. The number of hydroxylamine groups is 1. The Bertz CT molecular complexity index is 721. The maximum atomic E-state index is 12.3. The summed E-state index contributed by atoms with van der Waals surface area (Å²) in [5.74, 6) is -0.430. The third-order valence-electron chi connectivity index (χ3n) is 3.12. The normalized spacial score (nSPS) is 14.3. The van der Waals surface area contributed by atoms with Crippen LogP contribution in [0.5, 0.6) is 0 Å². The molecule has 1 aliphatic heterocycles. The predicted octanol–water partition coefficient (Wildman–Crippen LogP) is 2.64. The number of aliphatic hydroxyl groups excluding tert-OH is 1. The lowest BCUT2D eigenvalue weighted by Gasteiger charge is -2.23. The Balaban J connectivity index is 2.22. The zero-order valence-electron chi connectivity index (χ0n) is 13.5. The van der Waals surface area contributed by atoms with E-state index in [-0.39, 0.29) is 13.2 Å². The SMILES string of the molecule is C/C=N\N1C=C(Nc2ccc(Br)cc2Cl)C(C(=O)NOCCO)=CC1. The van der Waals surface area contributed by atoms with E-state index in [1.54, 1.807) is 42.6 Å². The van der Waals surface area contributed by atoms with Crippen LogP contribution in [0.15, 0.2) is 51.3 Å². The molecule has 1 aliphatic rings. The maximum Gasteiger partial charge on any atom is 0.276 e. The molecule has 1 aromatic rings. The molecule has 0 fully saturated rings. The van der Waals surface area contributed by atoms with Crippen molar-refractivity contribution in [2.45, 2.75) is 6.92 Å². The molecule has 134 valence electrons. The van der Waals surface area contributed by atoms with Crippen molar-refractivity contribution in [3.8, 4) is 0 Å². The van der Waals surface area contributed by atoms with Crippen LogP contribution in [0.1, 0.15) is 6.92 Å². The van der Waals surface area contributed by atoms with Gasteiger partial charge in [-0.2, -0.15) is 5.10 Å². The van der Waals surface area contributed by atoms with Gasteiger partial charge in [0, 0.05) is 16.9 Å². The summed E-state index contributed by atoms with van der Waals surface area (Å²) in [6, 6.07) is 5.39. The Labute approximate surface area is 159 Å². The monoisotopic (exact) mass is 428 g/mol. The van der Waals surface area contributed by atoms with Crippen LogP contribution < -0.4 is 10.8 Å². The highest BCUT2D eigenvalue weighted by atomic mass is 79.9. The fourth-order valence-electron chi connectivity index (χ4n) is 2.06. The molecule has 0 aliphatic carbocycles. The van der Waals surface area contributed by atoms with E-state index in [0.29, 0.717) is 28.5 Å². The van der Waals surface area contributed by atoms with Crippen molar-refractivity contribution in [3.63, 3.8) is 0 Å². The van der Waals surface area contributed by atoms with Gasteiger partial charge in [-0.15, -0.1) is 0 Å². The van der Waals surface area contributed by atoms with Gasteiger partial charge in [0.15, 0.2) is 0 Å². The Hall–Kier alpha value is -1.87. The van der Waals surface area contributed by atoms with Crippen molar-refractivity contribution in [2.75, 3.05) is 25.1 Å². The van der Waals surface area contributed by atoms with Crippen LogP contribution in [0.3, 0.4) is 0 Å². The van der Waals surface area contributed by atoms with Gasteiger partial charge in [-0.1, -0.05) is 27.5 Å². The summed E-state index contributed by atoms with van der Waals surface area (Å²) in [5.41, 5.74) is 3.85. The number of carbonyl (C=O) groups excluding carboxylic acids is 1. The molecule has 3 N–H and O–H groups in total. The van der Waals surface area contributed by atoms with Crippen LogP contribution in [0.25, 0.3) is 0 Å². The Morgan fingerprint density at radius 3 is 3.04 bits per heavy atom. The molecule has 25 heavy (non-hydrogen) atoms. The van der Waals surface area contributed by atoms with Gasteiger partial charge in [-0.3, -0.25) is 14.6 Å². The van der Waals surface area contributed by atoms with Gasteiger partial charge in [0.1, 0.15) is 0 Å². The second-order valence-electron chi connectivity index (χ2n) is 4.91. The van der Waals surface area contributed by atoms with E-state index < -0.39 is 5.91 Å². The van der Waals surface area contributed by atoms with E-state index in [1.807, 2.05) is 6.07 Å². The zero-order chi connectivity index (χ0) is 18.2. The van der Waals surface area contributed by atoms with Gasteiger partial charge in [0.2, 0.25) is 0 Å². The minimum atomic E-state index is -0.430. The lowest BCUT2D eigenvalue weighted by molar-refractivity contribution is -0.130. The van der Waals surface area contributed by atoms with Crippen LogP contribution >= 0.6 is 27.5 Å². The summed E-state index contributed by atoms with van der Waals surface area (Å²) in [7, 11) is 0. The number of hydrazone groups is 1. The summed E-state index contributed by atoms with van der Waals surface area (Å²) >= 11 is 9.60. The van der Waals surface area contributed by atoms with Crippen molar-refractivity contribution in [1.29, 1.82) is 0 Å². The highest BCUT2D eigenvalue weighted by Crippen LogP contribution is 2.29. The fraction of sp³-hybridized carbons (Fsp3) is 0.250. The van der Waals surface area contributed by atoms with Crippen LogP contribution in [0.2, 0.25) is 5.02 Å². The van der Waals surface area contributed by atoms with E-state index in [0.717, 1.165) is 4.47 Å². The Kier molecular flexibility index (Phi) is 7.45. The Morgan fingerprint density at radius 2 is 2.36 bits per heavy atom. The number of benzene rings is 1. The fourth-order valence-corrected chi connectivity index (χ4v) is 2.78. The molecule has 0 aromatic heterocycles. The van der Waals surface area contributed by atoms with E-state index in [9.17, 15) is 4.79 Å². The molecule has 9 heteroatoms. The summed E-state index contributed by atoms with van der Waals surface area (Å²) in [6.07, 6.45) is 5.09.